The summed E-state index contributed by atoms with van der Waals surface area (Å²) in [7, 11) is 1.86. The normalized spacial score (nSPS) is 23.7. The summed E-state index contributed by atoms with van der Waals surface area (Å²) in [6.07, 6.45) is 4.54. The Morgan fingerprint density at radius 1 is 1.53 bits per heavy atom. The van der Waals surface area contributed by atoms with Gasteiger partial charge in [0.15, 0.2) is 0 Å². The molecule has 0 aliphatic carbocycles. The molecule has 19 heavy (non-hydrogen) atoms. The third-order valence-electron chi connectivity index (χ3n) is 4.07. The summed E-state index contributed by atoms with van der Waals surface area (Å²) in [5.74, 6) is 0.523. The summed E-state index contributed by atoms with van der Waals surface area (Å²) in [5.41, 5.74) is 7.73. The van der Waals surface area contributed by atoms with Gasteiger partial charge in [-0.1, -0.05) is 20.3 Å². The monoisotopic (exact) mass is 264 g/mol. The number of carbonyl (C=O) groups is 1. The highest BCUT2D eigenvalue weighted by Gasteiger charge is 2.30. The topological polar surface area (TPSA) is 64.2 Å². The number of likely N-dealkylation sites (tertiary alicyclic amines) is 1. The number of nitrogens with zero attached hydrogens (tertiary/aromatic N) is 3. The van der Waals surface area contributed by atoms with E-state index in [1.165, 1.54) is 0 Å². The summed E-state index contributed by atoms with van der Waals surface area (Å²) in [4.78, 5) is 14.5. The number of carbonyl (C=O) groups excluding carboxylic acids is 1. The van der Waals surface area contributed by atoms with Crippen LogP contribution in [-0.2, 0) is 13.5 Å². The van der Waals surface area contributed by atoms with E-state index in [1.807, 2.05) is 25.1 Å². The van der Waals surface area contributed by atoms with Crippen molar-refractivity contribution in [1.29, 1.82) is 0 Å². The first-order valence-corrected chi connectivity index (χ1v) is 7.14. The van der Waals surface area contributed by atoms with Crippen molar-refractivity contribution in [2.24, 2.45) is 18.7 Å². The second-order valence-electron chi connectivity index (χ2n) is 5.39. The summed E-state index contributed by atoms with van der Waals surface area (Å²) < 4.78 is 1.72. The molecular weight excluding hydrogens is 240 g/mol. The molecule has 1 aromatic rings. The van der Waals surface area contributed by atoms with Gasteiger partial charge in [-0.2, -0.15) is 5.10 Å². The van der Waals surface area contributed by atoms with Gasteiger partial charge in [0.2, 0.25) is 0 Å². The minimum atomic E-state index is 0.107. The summed E-state index contributed by atoms with van der Waals surface area (Å²) in [6, 6.07) is 0.230. The lowest BCUT2D eigenvalue weighted by molar-refractivity contribution is 0.0648. The third kappa shape index (κ3) is 2.81. The summed E-state index contributed by atoms with van der Waals surface area (Å²) in [5, 5.41) is 4.34. The van der Waals surface area contributed by atoms with Gasteiger partial charge in [-0.3, -0.25) is 9.48 Å². The lowest BCUT2D eigenvalue weighted by atomic mass is 9.90. The smallest absolute Gasteiger partial charge is 0.257 e. The number of aryl methyl sites for hydroxylation is 2. The fraction of sp³-hybridized carbons (Fsp3) is 0.714. The molecule has 2 rings (SSSR count). The van der Waals surface area contributed by atoms with Crippen molar-refractivity contribution in [2.75, 3.05) is 13.1 Å². The lowest BCUT2D eigenvalue weighted by Gasteiger charge is -2.36. The quantitative estimate of drug-likeness (QED) is 0.891. The van der Waals surface area contributed by atoms with Crippen LogP contribution in [0.3, 0.4) is 0 Å². The first-order valence-electron chi connectivity index (χ1n) is 7.14. The van der Waals surface area contributed by atoms with Crippen molar-refractivity contribution >= 4 is 5.91 Å². The van der Waals surface area contributed by atoms with E-state index in [4.69, 9.17) is 5.73 Å². The van der Waals surface area contributed by atoms with Crippen molar-refractivity contribution < 1.29 is 4.79 Å². The molecule has 5 nitrogen and oxygen atoms in total. The average Bonchev–Trinajstić information content (AvgIpc) is 2.79. The number of hydrogen-bond acceptors (Lipinski definition) is 3. The lowest BCUT2D eigenvalue weighted by Crippen LogP contribution is -2.49. The fourth-order valence-corrected chi connectivity index (χ4v) is 2.81. The molecule has 1 fully saturated rings. The molecule has 1 saturated heterocycles. The largest absolute Gasteiger partial charge is 0.338 e. The van der Waals surface area contributed by atoms with Gasteiger partial charge in [0.05, 0.1) is 11.3 Å². The molecule has 1 aromatic heterocycles. The van der Waals surface area contributed by atoms with Crippen molar-refractivity contribution in [3.05, 3.63) is 17.5 Å². The second kappa shape index (κ2) is 5.74. The van der Waals surface area contributed by atoms with E-state index in [-0.39, 0.29) is 11.9 Å². The number of nitrogens with two attached hydrogens (primary N) is 1. The maximum absolute atomic E-state index is 12.6. The molecule has 5 heteroatoms. The molecule has 0 saturated carbocycles. The minimum absolute atomic E-state index is 0.107. The van der Waals surface area contributed by atoms with Gasteiger partial charge in [0, 0.05) is 32.4 Å². The molecule has 0 spiro atoms. The van der Waals surface area contributed by atoms with E-state index < -0.39 is 0 Å². The second-order valence-corrected chi connectivity index (χ2v) is 5.39. The summed E-state index contributed by atoms with van der Waals surface area (Å²) >= 11 is 0. The van der Waals surface area contributed by atoms with E-state index >= 15 is 0 Å². The predicted octanol–water partition coefficient (Wildman–Crippen LogP) is 1.18. The number of hydrogen-bond donors (Lipinski definition) is 1. The van der Waals surface area contributed by atoms with Gasteiger partial charge in [0.1, 0.15) is 0 Å². The molecule has 2 unspecified atom stereocenters. The van der Waals surface area contributed by atoms with E-state index in [0.717, 1.165) is 43.6 Å². The Morgan fingerprint density at radius 3 is 2.89 bits per heavy atom. The molecule has 0 aromatic carbocycles. The molecular formula is C14H24N4O. The molecule has 2 heterocycles. The van der Waals surface area contributed by atoms with Gasteiger partial charge in [-0.25, -0.2) is 0 Å². The highest BCUT2D eigenvalue weighted by molar-refractivity contribution is 5.95. The Bertz CT molecular complexity index is 454. The van der Waals surface area contributed by atoms with E-state index in [1.54, 1.807) is 4.68 Å². The van der Waals surface area contributed by atoms with Crippen LogP contribution in [0.25, 0.3) is 0 Å². The summed E-state index contributed by atoms with van der Waals surface area (Å²) in [6.45, 7) is 5.70. The van der Waals surface area contributed by atoms with E-state index in [2.05, 4.69) is 12.0 Å². The van der Waals surface area contributed by atoms with Gasteiger partial charge < -0.3 is 10.6 Å². The van der Waals surface area contributed by atoms with Crippen molar-refractivity contribution in [3.8, 4) is 0 Å². The van der Waals surface area contributed by atoms with Crippen molar-refractivity contribution in [3.63, 3.8) is 0 Å². The zero-order chi connectivity index (χ0) is 14.0. The molecule has 1 aliphatic heterocycles. The molecule has 0 bridgehead atoms. The number of aromatic nitrogens is 2. The maximum Gasteiger partial charge on any atom is 0.257 e. The molecule has 0 radical (unpaired) electrons. The standard InChI is InChI=1S/C14H24N4O/c1-4-10-8-18(7-6-12(10)15)14(19)11-9-17(3)16-13(11)5-2/h9-10,12H,4-8,15H2,1-3H3. The molecule has 2 N–H and O–H groups in total. The Hall–Kier alpha value is -1.36. The number of piperidine rings is 1. The Balaban J connectivity index is 2.15. The van der Waals surface area contributed by atoms with Crippen molar-refractivity contribution in [1.82, 2.24) is 14.7 Å². The van der Waals surface area contributed by atoms with Crippen LogP contribution in [0.2, 0.25) is 0 Å². The number of rotatable bonds is 3. The third-order valence-corrected chi connectivity index (χ3v) is 4.07. The number of amides is 1. The SMILES string of the molecule is CCc1nn(C)cc1C(=O)N1CCC(N)C(CC)C1. The predicted molar refractivity (Wildman–Crippen MR) is 74.9 cm³/mol. The van der Waals surface area contributed by atoms with Gasteiger partial charge in [-0.15, -0.1) is 0 Å². The first kappa shape index (κ1) is 14.1. The van der Waals surface area contributed by atoms with Crippen LogP contribution in [-0.4, -0.2) is 39.7 Å². The Kier molecular flexibility index (Phi) is 4.24. The van der Waals surface area contributed by atoms with Gasteiger partial charge >= 0.3 is 0 Å². The van der Waals surface area contributed by atoms with E-state index in [0.29, 0.717) is 5.92 Å². The highest BCUT2D eigenvalue weighted by Crippen LogP contribution is 2.21. The Morgan fingerprint density at radius 2 is 2.26 bits per heavy atom. The van der Waals surface area contributed by atoms with Gasteiger partial charge in [0.25, 0.3) is 5.91 Å². The van der Waals surface area contributed by atoms with Crippen LogP contribution >= 0.6 is 0 Å². The maximum atomic E-state index is 12.6. The molecule has 1 amide bonds. The molecule has 1 aliphatic rings. The van der Waals surface area contributed by atoms with Gasteiger partial charge in [-0.05, 0) is 18.8 Å². The van der Waals surface area contributed by atoms with Crippen LogP contribution in [0.5, 0.6) is 0 Å². The van der Waals surface area contributed by atoms with Crippen LogP contribution < -0.4 is 5.73 Å². The molecule has 106 valence electrons. The van der Waals surface area contributed by atoms with Crippen LogP contribution in [0.4, 0.5) is 0 Å². The fourth-order valence-electron chi connectivity index (χ4n) is 2.81. The molecule has 2 atom stereocenters. The van der Waals surface area contributed by atoms with Crippen LogP contribution in [0, 0.1) is 5.92 Å². The van der Waals surface area contributed by atoms with Crippen LogP contribution in [0.15, 0.2) is 6.20 Å². The zero-order valence-corrected chi connectivity index (χ0v) is 12.1. The average molecular weight is 264 g/mol. The first-order chi connectivity index (χ1) is 9.06. The van der Waals surface area contributed by atoms with Crippen molar-refractivity contribution in [2.45, 2.75) is 39.2 Å². The zero-order valence-electron chi connectivity index (χ0n) is 12.1. The Labute approximate surface area is 114 Å². The minimum Gasteiger partial charge on any atom is -0.338 e. The highest BCUT2D eigenvalue weighted by atomic mass is 16.2. The van der Waals surface area contributed by atoms with E-state index in [9.17, 15) is 4.79 Å². The van der Waals surface area contributed by atoms with Crippen LogP contribution in [0.1, 0.15) is 42.7 Å².